The topological polar surface area (TPSA) is 326 Å². The molecule has 24 heteroatoms. The summed E-state index contributed by atoms with van der Waals surface area (Å²) in [5.41, 5.74) is 4.34. The van der Waals surface area contributed by atoms with Crippen LogP contribution in [0.3, 0.4) is 0 Å². The number of hydrogen-bond acceptors (Lipinski definition) is 16. The molecule has 3 unspecified atom stereocenters. The molecular weight excluding hydrogens is 640 g/mol. The van der Waals surface area contributed by atoms with Crippen LogP contribution in [0.15, 0.2) is 28.4 Å². The zero-order valence-electron chi connectivity index (χ0n) is 22.3. The number of rotatable bonds is 10. The fourth-order valence-corrected chi connectivity index (χ4v) is 6.30. The number of aliphatic hydroxyl groups excluding tert-OH is 3. The quantitative estimate of drug-likeness (QED) is 0.0984. The fraction of sp³-hybridized carbons (Fsp3) is 0.550. The number of imidazole rings is 1. The average Bonchev–Trinajstić information content (AvgIpc) is 3.59. The van der Waals surface area contributed by atoms with Crippen LogP contribution in [0.5, 0.6) is 0 Å². The summed E-state index contributed by atoms with van der Waals surface area (Å²) in [5.74, 6) is -0.0166. The minimum Gasteiger partial charge on any atom is -0.394 e. The summed E-state index contributed by atoms with van der Waals surface area (Å²) in [6, 6.07) is 0. The van der Waals surface area contributed by atoms with Gasteiger partial charge in [0.2, 0.25) is 0 Å². The van der Waals surface area contributed by atoms with Gasteiger partial charge >= 0.3 is 21.3 Å². The van der Waals surface area contributed by atoms with Gasteiger partial charge in [-0.3, -0.25) is 32.5 Å². The normalized spacial score (nSPS) is 30.6. The molecule has 0 spiro atoms. The van der Waals surface area contributed by atoms with Gasteiger partial charge in [0.25, 0.3) is 5.56 Å². The summed E-state index contributed by atoms with van der Waals surface area (Å²) in [6.45, 7) is -0.450. The molecule has 2 saturated heterocycles. The zero-order chi connectivity index (χ0) is 32.1. The number of hydrogen-bond donors (Lipinski definition) is 8. The number of aromatic nitrogens is 6. The first kappa shape index (κ1) is 32.4. The first-order chi connectivity index (χ1) is 20.6. The highest BCUT2D eigenvalue weighted by atomic mass is 31.2. The van der Waals surface area contributed by atoms with Crippen molar-refractivity contribution < 1.29 is 62.2 Å². The third-order valence-corrected chi connectivity index (χ3v) is 8.30. The Morgan fingerprint density at radius 2 is 1.61 bits per heavy atom. The predicted octanol–water partition coefficient (Wildman–Crippen LogP) is -3.24. The molecule has 9 atom stereocenters. The number of aromatic amines is 1. The Labute approximate surface area is 244 Å². The minimum absolute atomic E-state index is 0.0166. The van der Waals surface area contributed by atoms with Crippen LogP contribution in [-0.2, 0) is 32.2 Å². The number of nitrogens with two attached hydrogens (primary N) is 1. The van der Waals surface area contributed by atoms with Gasteiger partial charge in [-0.05, 0) is 6.92 Å². The van der Waals surface area contributed by atoms with Gasteiger partial charge in [-0.2, -0.15) is 0 Å². The van der Waals surface area contributed by atoms with Crippen molar-refractivity contribution in [2.75, 3.05) is 18.9 Å². The van der Waals surface area contributed by atoms with Crippen molar-refractivity contribution in [2.45, 2.75) is 56.0 Å². The van der Waals surface area contributed by atoms with Crippen LogP contribution in [0, 0.1) is 6.92 Å². The van der Waals surface area contributed by atoms with Gasteiger partial charge in [0.1, 0.15) is 48.5 Å². The molecule has 0 bridgehead atoms. The molecule has 2 fully saturated rings. The maximum atomic E-state index is 13.2. The van der Waals surface area contributed by atoms with Crippen molar-refractivity contribution in [3.63, 3.8) is 0 Å². The van der Waals surface area contributed by atoms with Crippen LogP contribution in [0.1, 0.15) is 18.0 Å². The number of anilines is 1. The third kappa shape index (κ3) is 6.39. The predicted molar refractivity (Wildman–Crippen MR) is 140 cm³/mol. The van der Waals surface area contributed by atoms with Crippen LogP contribution < -0.4 is 17.0 Å². The number of aliphatic hydroxyl groups is 3. The molecule has 0 saturated carbocycles. The molecule has 0 aromatic carbocycles. The lowest BCUT2D eigenvalue weighted by Crippen LogP contribution is -2.40. The van der Waals surface area contributed by atoms with Crippen LogP contribution in [0.25, 0.3) is 11.2 Å². The summed E-state index contributed by atoms with van der Waals surface area (Å²) >= 11 is 0. The standard InChI is InChI=1S/C20H27N7O15P2/c1-7-2-26(20(32)25-17(7)31)18-11(29)13(8(3-28)39-18)41-44(36,37)42-14-9(4-38-43(33,34)35)40-19(12(14)30)27-6-24-10-15(21)22-5-23-16(10)27/h2,5-6,8-9,11-14,18-19,28-30H,3-4H2,1H3,(H,36,37)(H2,21,22,23)(H,25,31,32)(H2,33,34,35)/t8-,9+,11+,12-,13?,14?,18-,19+/m0/s1. The lowest BCUT2D eigenvalue weighted by Gasteiger charge is -2.26. The van der Waals surface area contributed by atoms with Gasteiger partial charge in [0, 0.05) is 11.8 Å². The Morgan fingerprint density at radius 3 is 2.25 bits per heavy atom. The number of nitrogens with zero attached hydrogens (tertiary/aromatic N) is 5. The van der Waals surface area contributed by atoms with E-state index >= 15 is 0 Å². The Bertz CT molecular complexity index is 1740. The van der Waals surface area contributed by atoms with Gasteiger partial charge < -0.3 is 45.2 Å². The highest BCUT2D eigenvalue weighted by molar-refractivity contribution is 7.47. The largest absolute Gasteiger partial charge is 0.473 e. The van der Waals surface area contributed by atoms with E-state index in [1.165, 1.54) is 11.5 Å². The highest BCUT2D eigenvalue weighted by Gasteiger charge is 2.53. The molecule has 44 heavy (non-hydrogen) atoms. The molecule has 3 aromatic heterocycles. The van der Waals surface area contributed by atoms with Crippen molar-refractivity contribution in [1.82, 2.24) is 29.1 Å². The average molecular weight is 667 g/mol. The molecule has 0 aliphatic carbocycles. The molecule has 2 aliphatic heterocycles. The fourth-order valence-electron chi connectivity index (χ4n) is 4.77. The summed E-state index contributed by atoms with van der Waals surface area (Å²) in [5, 5.41) is 31.8. The van der Waals surface area contributed by atoms with Crippen LogP contribution in [-0.4, -0.2) is 109 Å². The maximum absolute atomic E-state index is 13.2. The van der Waals surface area contributed by atoms with E-state index in [9.17, 15) is 48.7 Å². The number of phosphoric ester groups is 2. The summed E-state index contributed by atoms with van der Waals surface area (Å²) in [6.07, 6.45) is -10.3. The number of nitrogens with one attached hydrogen (secondary N) is 1. The van der Waals surface area contributed by atoms with Crippen molar-refractivity contribution in [1.29, 1.82) is 0 Å². The van der Waals surface area contributed by atoms with E-state index in [0.717, 1.165) is 23.4 Å². The molecule has 242 valence electrons. The molecule has 22 nitrogen and oxygen atoms in total. The Hall–Kier alpha value is -2.95. The van der Waals surface area contributed by atoms with Gasteiger partial charge in [0.15, 0.2) is 23.9 Å². The number of ether oxygens (including phenoxy) is 2. The Balaban J connectivity index is 1.39. The van der Waals surface area contributed by atoms with Crippen LogP contribution in [0.2, 0.25) is 0 Å². The highest BCUT2D eigenvalue weighted by Crippen LogP contribution is 2.52. The minimum atomic E-state index is -5.38. The second-order valence-corrected chi connectivity index (χ2v) is 12.3. The molecule has 0 amide bonds. The lowest BCUT2D eigenvalue weighted by molar-refractivity contribution is -0.0572. The molecule has 5 heterocycles. The number of nitrogen functional groups attached to an aromatic ring is 1. The SMILES string of the molecule is Cc1cn([C@H]2O[C@@H](CO)C(OP(=O)(O)OC3[C@@H](COP(=O)(O)O)O[C@@H](n4cnc5c(N)ncnc54)[C@H]3O)[C@H]2O)c(=O)[nH]c1=O. The van der Waals surface area contributed by atoms with Crippen molar-refractivity contribution >= 4 is 32.6 Å². The second kappa shape index (κ2) is 12.1. The van der Waals surface area contributed by atoms with Gasteiger partial charge in [-0.15, -0.1) is 0 Å². The van der Waals surface area contributed by atoms with Crippen molar-refractivity contribution in [3.8, 4) is 0 Å². The lowest BCUT2D eigenvalue weighted by atomic mass is 10.1. The third-order valence-electron chi connectivity index (χ3n) is 6.80. The van der Waals surface area contributed by atoms with E-state index in [1.54, 1.807) is 0 Å². The molecule has 0 radical (unpaired) electrons. The van der Waals surface area contributed by atoms with Crippen molar-refractivity contribution in [3.05, 3.63) is 45.3 Å². The van der Waals surface area contributed by atoms with E-state index in [4.69, 9.17) is 24.3 Å². The van der Waals surface area contributed by atoms with Gasteiger partial charge in [0.05, 0.1) is 19.5 Å². The molecule has 9 N–H and O–H groups in total. The van der Waals surface area contributed by atoms with E-state index < -0.39 is 89.2 Å². The summed E-state index contributed by atoms with van der Waals surface area (Å²) < 4.78 is 52.4. The summed E-state index contributed by atoms with van der Waals surface area (Å²) in [7, 11) is -10.5. The Morgan fingerprint density at radius 1 is 1.00 bits per heavy atom. The van der Waals surface area contributed by atoms with Crippen LogP contribution in [0.4, 0.5) is 5.82 Å². The molecule has 5 rings (SSSR count). The molecular formula is C20H27N7O15P2. The van der Waals surface area contributed by atoms with E-state index in [-0.39, 0.29) is 22.5 Å². The second-order valence-electron chi connectivity index (χ2n) is 9.75. The Kier molecular flexibility index (Phi) is 8.92. The number of aryl methyl sites for hydroxylation is 1. The number of H-pyrrole nitrogens is 1. The van der Waals surface area contributed by atoms with E-state index in [2.05, 4.69) is 19.5 Å². The van der Waals surface area contributed by atoms with Gasteiger partial charge in [-0.1, -0.05) is 0 Å². The molecule has 3 aromatic rings. The monoisotopic (exact) mass is 667 g/mol. The molecule has 2 aliphatic rings. The number of fused-ring (bicyclic) bond motifs is 1. The van der Waals surface area contributed by atoms with E-state index in [0.29, 0.717) is 0 Å². The smallest absolute Gasteiger partial charge is 0.394 e. The number of phosphoric acid groups is 2. The first-order valence-electron chi connectivity index (χ1n) is 12.5. The zero-order valence-corrected chi connectivity index (χ0v) is 24.1. The van der Waals surface area contributed by atoms with Crippen LogP contribution >= 0.6 is 15.6 Å². The van der Waals surface area contributed by atoms with Gasteiger partial charge in [-0.25, -0.2) is 28.9 Å². The summed E-state index contributed by atoms with van der Waals surface area (Å²) in [4.78, 5) is 66.9. The van der Waals surface area contributed by atoms with E-state index in [1.807, 2.05) is 4.98 Å². The maximum Gasteiger partial charge on any atom is 0.473 e. The first-order valence-corrected chi connectivity index (χ1v) is 15.6. The van der Waals surface area contributed by atoms with Crippen molar-refractivity contribution in [2.24, 2.45) is 0 Å².